The Morgan fingerprint density at radius 3 is 2.71 bits per heavy atom. The first-order valence-electron chi connectivity index (χ1n) is 6.76. The van der Waals surface area contributed by atoms with Gasteiger partial charge >= 0.3 is 0 Å². The van der Waals surface area contributed by atoms with Gasteiger partial charge in [-0.3, -0.25) is 4.79 Å². The largest absolute Gasteiger partial charge is 0.393 e. The molecule has 1 amide bonds. The van der Waals surface area contributed by atoms with Crippen molar-refractivity contribution in [2.45, 2.75) is 57.6 Å². The van der Waals surface area contributed by atoms with Crippen LogP contribution in [-0.2, 0) is 4.79 Å². The summed E-state index contributed by atoms with van der Waals surface area (Å²) in [4.78, 5) is 12.2. The molecule has 4 heteroatoms. The highest BCUT2D eigenvalue weighted by Gasteiger charge is 2.43. The van der Waals surface area contributed by atoms with Crippen molar-refractivity contribution in [3.63, 3.8) is 0 Å². The molecule has 98 valence electrons. The third-order valence-electron chi connectivity index (χ3n) is 4.69. The molecule has 4 atom stereocenters. The summed E-state index contributed by atoms with van der Waals surface area (Å²) >= 11 is 0. The number of hydrogen-bond donors (Lipinski definition) is 3. The topological polar surface area (TPSA) is 75.3 Å². The number of hydrogen-bond acceptors (Lipinski definition) is 3. The van der Waals surface area contributed by atoms with Crippen LogP contribution in [0.4, 0.5) is 0 Å². The molecule has 2 aliphatic carbocycles. The van der Waals surface area contributed by atoms with Crippen molar-refractivity contribution in [1.29, 1.82) is 0 Å². The van der Waals surface area contributed by atoms with Crippen LogP contribution in [0, 0.1) is 11.3 Å². The van der Waals surface area contributed by atoms with Crippen LogP contribution in [0.15, 0.2) is 0 Å². The lowest BCUT2D eigenvalue weighted by atomic mass is 9.84. The van der Waals surface area contributed by atoms with Gasteiger partial charge < -0.3 is 16.2 Å². The summed E-state index contributed by atoms with van der Waals surface area (Å²) in [6.07, 6.45) is 5.58. The van der Waals surface area contributed by atoms with Crippen molar-refractivity contribution in [2.24, 2.45) is 17.1 Å². The number of nitrogens with two attached hydrogens (primary N) is 1. The van der Waals surface area contributed by atoms with Crippen molar-refractivity contribution in [2.75, 3.05) is 6.54 Å². The zero-order valence-corrected chi connectivity index (χ0v) is 10.6. The molecule has 0 bridgehead atoms. The maximum Gasteiger partial charge on any atom is 0.227 e. The van der Waals surface area contributed by atoms with Gasteiger partial charge in [0.15, 0.2) is 0 Å². The molecule has 0 aliphatic heterocycles. The predicted octanol–water partition coefficient (Wildman–Crippen LogP) is 0.781. The highest BCUT2D eigenvalue weighted by Crippen LogP contribution is 2.37. The van der Waals surface area contributed by atoms with Crippen LogP contribution in [0.25, 0.3) is 0 Å². The minimum atomic E-state index is -0.399. The van der Waals surface area contributed by atoms with Crippen molar-refractivity contribution >= 4 is 5.91 Å². The Bertz CT molecular complexity index is 295. The lowest BCUT2D eigenvalue weighted by molar-refractivity contribution is -0.130. The Morgan fingerprint density at radius 2 is 2.18 bits per heavy atom. The summed E-state index contributed by atoms with van der Waals surface area (Å²) in [6, 6.07) is -0.0176. The summed E-state index contributed by atoms with van der Waals surface area (Å²) in [6.45, 7) is 2.56. The molecule has 2 rings (SSSR count). The van der Waals surface area contributed by atoms with Crippen molar-refractivity contribution in [3.8, 4) is 0 Å². The highest BCUT2D eigenvalue weighted by atomic mass is 16.3. The molecule has 2 saturated carbocycles. The number of carbonyl (C=O) groups is 1. The summed E-state index contributed by atoms with van der Waals surface area (Å²) in [5, 5.41) is 12.7. The predicted molar refractivity (Wildman–Crippen MR) is 66.3 cm³/mol. The Morgan fingerprint density at radius 1 is 1.41 bits per heavy atom. The SMILES string of the molecule is CC1(C(=O)NCC2CCCC2O)CCCC1N. The average molecular weight is 240 g/mol. The molecule has 4 N–H and O–H groups in total. The maximum absolute atomic E-state index is 12.2. The van der Waals surface area contributed by atoms with E-state index in [0.29, 0.717) is 6.54 Å². The Hall–Kier alpha value is -0.610. The number of aliphatic hydroxyl groups excluding tert-OH is 1. The van der Waals surface area contributed by atoms with Gasteiger partial charge in [0.1, 0.15) is 0 Å². The van der Waals surface area contributed by atoms with E-state index in [1.54, 1.807) is 0 Å². The van der Waals surface area contributed by atoms with Crippen LogP contribution < -0.4 is 11.1 Å². The standard InChI is InChI=1S/C13H24N2O2/c1-13(7-3-6-11(13)14)12(17)15-8-9-4-2-5-10(9)16/h9-11,16H,2-8,14H2,1H3,(H,15,17). The second-order valence-electron chi connectivity index (χ2n) is 5.88. The highest BCUT2D eigenvalue weighted by molar-refractivity contribution is 5.83. The maximum atomic E-state index is 12.2. The van der Waals surface area contributed by atoms with E-state index in [1.165, 1.54) is 0 Å². The number of amides is 1. The molecular weight excluding hydrogens is 216 g/mol. The van der Waals surface area contributed by atoms with Crippen molar-refractivity contribution in [1.82, 2.24) is 5.32 Å². The molecule has 0 heterocycles. The third-order valence-corrected chi connectivity index (χ3v) is 4.69. The molecule has 0 saturated heterocycles. The smallest absolute Gasteiger partial charge is 0.227 e. The fourth-order valence-corrected chi connectivity index (χ4v) is 3.16. The van der Waals surface area contributed by atoms with Gasteiger partial charge in [-0.25, -0.2) is 0 Å². The fourth-order valence-electron chi connectivity index (χ4n) is 3.16. The second kappa shape index (κ2) is 4.94. The van der Waals surface area contributed by atoms with E-state index >= 15 is 0 Å². The van der Waals surface area contributed by atoms with Gasteiger partial charge in [0.05, 0.1) is 11.5 Å². The molecule has 2 aliphatic rings. The molecule has 0 aromatic rings. The molecule has 17 heavy (non-hydrogen) atoms. The summed E-state index contributed by atoms with van der Waals surface area (Å²) in [5.74, 6) is 0.307. The number of nitrogens with one attached hydrogen (secondary N) is 1. The van der Waals surface area contributed by atoms with Gasteiger partial charge in [-0.15, -0.1) is 0 Å². The van der Waals surface area contributed by atoms with Gasteiger partial charge in [0.2, 0.25) is 5.91 Å². The first-order chi connectivity index (χ1) is 8.04. The lowest BCUT2D eigenvalue weighted by Crippen LogP contribution is -2.48. The van der Waals surface area contributed by atoms with Crippen LogP contribution in [-0.4, -0.2) is 29.7 Å². The Kier molecular flexibility index (Phi) is 3.73. The van der Waals surface area contributed by atoms with E-state index in [1.807, 2.05) is 6.92 Å². The first kappa shape index (κ1) is 12.8. The van der Waals surface area contributed by atoms with Crippen molar-refractivity contribution < 1.29 is 9.90 Å². The average Bonchev–Trinajstić information content (AvgIpc) is 2.84. The first-order valence-corrected chi connectivity index (χ1v) is 6.76. The van der Waals surface area contributed by atoms with E-state index < -0.39 is 5.41 Å². The van der Waals surface area contributed by atoms with Crippen LogP contribution in [0.2, 0.25) is 0 Å². The van der Waals surface area contributed by atoms with Gasteiger partial charge in [-0.05, 0) is 32.6 Å². The minimum absolute atomic E-state index is 0.0176. The zero-order chi connectivity index (χ0) is 12.5. The zero-order valence-electron chi connectivity index (χ0n) is 10.6. The molecule has 4 nitrogen and oxygen atoms in total. The van der Waals surface area contributed by atoms with Gasteiger partial charge in [-0.1, -0.05) is 12.8 Å². The normalized spacial score (nSPS) is 41.7. The van der Waals surface area contributed by atoms with Gasteiger partial charge in [0.25, 0.3) is 0 Å². The molecule has 0 aromatic heterocycles. The third kappa shape index (κ3) is 2.47. The molecule has 0 radical (unpaired) electrons. The monoisotopic (exact) mass is 240 g/mol. The second-order valence-corrected chi connectivity index (χ2v) is 5.88. The fraction of sp³-hybridized carbons (Fsp3) is 0.923. The van der Waals surface area contributed by atoms with Crippen molar-refractivity contribution in [3.05, 3.63) is 0 Å². The molecule has 2 fully saturated rings. The minimum Gasteiger partial charge on any atom is -0.393 e. The van der Waals surface area contributed by atoms with E-state index in [2.05, 4.69) is 5.32 Å². The van der Waals surface area contributed by atoms with Crippen LogP contribution >= 0.6 is 0 Å². The molecule has 4 unspecified atom stereocenters. The van der Waals surface area contributed by atoms with Crippen LogP contribution in [0.1, 0.15) is 45.4 Å². The van der Waals surface area contributed by atoms with Crippen LogP contribution in [0.3, 0.4) is 0 Å². The van der Waals surface area contributed by atoms with Gasteiger partial charge in [-0.2, -0.15) is 0 Å². The quantitative estimate of drug-likeness (QED) is 0.682. The molecular formula is C13H24N2O2. The molecule has 0 aromatic carbocycles. The Balaban J connectivity index is 1.84. The van der Waals surface area contributed by atoms with Gasteiger partial charge in [0, 0.05) is 18.5 Å². The van der Waals surface area contributed by atoms with E-state index in [4.69, 9.17) is 5.73 Å². The Labute approximate surface area is 103 Å². The molecule has 0 spiro atoms. The van der Waals surface area contributed by atoms with E-state index in [0.717, 1.165) is 38.5 Å². The number of rotatable bonds is 3. The number of aliphatic hydroxyl groups is 1. The number of carbonyl (C=O) groups excluding carboxylic acids is 1. The van der Waals surface area contributed by atoms with Crippen LogP contribution in [0.5, 0.6) is 0 Å². The van der Waals surface area contributed by atoms with E-state index in [9.17, 15) is 9.90 Å². The summed E-state index contributed by atoms with van der Waals surface area (Å²) < 4.78 is 0. The summed E-state index contributed by atoms with van der Waals surface area (Å²) in [5.41, 5.74) is 5.62. The lowest BCUT2D eigenvalue weighted by Gasteiger charge is -2.28. The van der Waals surface area contributed by atoms with E-state index in [-0.39, 0.29) is 24.0 Å². The summed E-state index contributed by atoms with van der Waals surface area (Å²) in [7, 11) is 0.